The third-order valence-electron chi connectivity index (χ3n) is 10.2. The average Bonchev–Trinajstić information content (AvgIpc) is 3.20. The van der Waals surface area contributed by atoms with Crippen molar-refractivity contribution in [2.24, 2.45) is 0 Å². The molecule has 0 bridgehead atoms. The zero-order valence-electron chi connectivity index (χ0n) is 27.9. The summed E-state index contributed by atoms with van der Waals surface area (Å²) in [5.74, 6) is 0. The molecule has 2 heterocycles. The highest BCUT2D eigenvalue weighted by Crippen LogP contribution is 2.39. The van der Waals surface area contributed by atoms with Gasteiger partial charge in [0.15, 0.2) is 0 Å². The second-order valence-corrected chi connectivity index (χ2v) is 13.4. The fourth-order valence-corrected chi connectivity index (χ4v) is 7.63. The van der Waals surface area contributed by atoms with E-state index in [1.165, 1.54) is 66.4 Å². The van der Waals surface area contributed by atoms with Gasteiger partial charge in [0.1, 0.15) is 6.17 Å². The molecule has 3 heteroatoms. The van der Waals surface area contributed by atoms with Crippen molar-refractivity contribution in [3.05, 3.63) is 209 Å². The molecule has 50 heavy (non-hydrogen) atoms. The predicted octanol–water partition coefficient (Wildman–Crippen LogP) is 10.4. The van der Waals surface area contributed by atoms with Crippen LogP contribution < -0.4 is 16.0 Å². The van der Waals surface area contributed by atoms with Gasteiger partial charge in [0, 0.05) is 17.9 Å². The summed E-state index contributed by atoms with van der Waals surface area (Å²) >= 11 is 0. The molecule has 242 valence electrons. The van der Waals surface area contributed by atoms with Crippen molar-refractivity contribution in [1.82, 2.24) is 16.0 Å². The van der Waals surface area contributed by atoms with Crippen LogP contribution in [0, 0.1) is 0 Å². The summed E-state index contributed by atoms with van der Waals surface area (Å²) in [6, 6.07) is 51.1. The Kier molecular flexibility index (Phi) is 7.96. The van der Waals surface area contributed by atoms with E-state index in [2.05, 4.69) is 186 Å². The normalized spacial score (nSPS) is 18.3. The highest BCUT2D eigenvalue weighted by atomic mass is 15.2. The summed E-state index contributed by atoms with van der Waals surface area (Å²) in [4.78, 5) is 0. The minimum absolute atomic E-state index is 0.0476. The summed E-state index contributed by atoms with van der Waals surface area (Å²) in [5.41, 5.74) is 14.8. The van der Waals surface area contributed by atoms with Crippen molar-refractivity contribution >= 4 is 27.7 Å². The number of hydrogen-bond donors (Lipinski definition) is 3. The maximum absolute atomic E-state index is 3.97. The SMILES string of the molecule is C1=CCNC(c2cccc(-c3cc(C4=CCCc5cc6ccccc6cc54)cc(C4NC(c5ccccc5)=CC(c5ccccc5)N4)c3)c2)=C1. The lowest BCUT2D eigenvalue weighted by molar-refractivity contribution is 0.442. The molecule has 6 aromatic rings. The Morgan fingerprint density at radius 2 is 1.28 bits per heavy atom. The number of fused-ring (bicyclic) bond motifs is 2. The van der Waals surface area contributed by atoms with Crippen molar-refractivity contribution in [2.75, 3.05) is 6.54 Å². The molecular weight excluding hydrogens is 607 g/mol. The Morgan fingerprint density at radius 1 is 0.560 bits per heavy atom. The van der Waals surface area contributed by atoms with Gasteiger partial charge >= 0.3 is 0 Å². The number of nitrogens with one attached hydrogen (secondary N) is 3. The zero-order valence-corrected chi connectivity index (χ0v) is 27.9. The molecule has 2 atom stereocenters. The lowest BCUT2D eigenvalue weighted by Gasteiger charge is -2.34. The first-order valence-corrected chi connectivity index (χ1v) is 17.7. The van der Waals surface area contributed by atoms with Gasteiger partial charge < -0.3 is 10.6 Å². The number of hydrogen-bond acceptors (Lipinski definition) is 3. The van der Waals surface area contributed by atoms with Crippen LogP contribution >= 0.6 is 0 Å². The van der Waals surface area contributed by atoms with Gasteiger partial charge in [-0.1, -0.05) is 127 Å². The van der Waals surface area contributed by atoms with Crippen LogP contribution in [-0.4, -0.2) is 6.54 Å². The van der Waals surface area contributed by atoms with E-state index in [0.717, 1.165) is 30.8 Å². The van der Waals surface area contributed by atoms with Gasteiger partial charge in [-0.25, -0.2) is 0 Å². The van der Waals surface area contributed by atoms with Gasteiger partial charge in [-0.05, 0) is 122 Å². The van der Waals surface area contributed by atoms with Gasteiger partial charge in [0.25, 0.3) is 0 Å². The van der Waals surface area contributed by atoms with E-state index in [9.17, 15) is 0 Å². The molecule has 3 aliphatic rings. The standard InChI is InChI=1S/C47H39N3/c1-3-13-32(14-4-1)45-31-46(33-15-5-2-6-16-33)50-47(49-45)41-28-39(35-19-11-21-38(26-35)44-23-9-10-24-48-44)27-40(29-41)42-22-12-20-37-25-34-17-7-8-18-36(34)30-43(37)42/h1-11,13-19,21-23,25-31,45,47-50H,12,20,24H2. The van der Waals surface area contributed by atoms with Crippen LogP contribution in [0.15, 0.2) is 170 Å². The molecule has 6 aromatic carbocycles. The second-order valence-electron chi connectivity index (χ2n) is 13.4. The van der Waals surface area contributed by atoms with Crippen LogP contribution in [0.2, 0.25) is 0 Å². The first-order valence-electron chi connectivity index (χ1n) is 17.7. The Morgan fingerprint density at radius 3 is 2.10 bits per heavy atom. The summed E-state index contributed by atoms with van der Waals surface area (Å²) in [5, 5.41) is 14.0. The van der Waals surface area contributed by atoms with E-state index < -0.39 is 0 Å². The van der Waals surface area contributed by atoms with Crippen LogP contribution in [0.1, 0.15) is 57.6 Å². The number of allylic oxidation sites excluding steroid dienone is 3. The fourth-order valence-electron chi connectivity index (χ4n) is 7.63. The van der Waals surface area contributed by atoms with Crippen LogP contribution in [0.25, 0.3) is 38.9 Å². The van der Waals surface area contributed by atoms with Crippen LogP contribution in [0.5, 0.6) is 0 Å². The maximum atomic E-state index is 3.97. The van der Waals surface area contributed by atoms with Crippen molar-refractivity contribution in [3.63, 3.8) is 0 Å². The fraction of sp³-hybridized carbons (Fsp3) is 0.106. The Hall–Kier alpha value is -5.90. The number of rotatable bonds is 6. The van der Waals surface area contributed by atoms with E-state index in [4.69, 9.17) is 0 Å². The molecule has 2 aliphatic heterocycles. The van der Waals surface area contributed by atoms with Gasteiger partial charge in [0.2, 0.25) is 0 Å². The number of benzene rings is 6. The highest BCUT2D eigenvalue weighted by molar-refractivity contribution is 5.93. The second kappa shape index (κ2) is 13.2. The van der Waals surface area contributed by atoms with Crippen molar-refractivity contribution in [2.45, 2.75) is 25.0 Å². The molecule has 0 radical (unpaired) electrons. The molecule has 1 aliphatic carbocycles. The molecule has 0 spiro atoms. The van der Waals surface area contributed by atoms with E-state index in [1.54, 1.807) is 0 Å². The molecule has 3 nitrogen and oxygen atoms in total. The molecule has 3 N–H and O–H groups in total. The third kappa shape index (κ3) is 5.97. The van der Waals surface area contributed by atoms with Crippen LogP contribution in [0.3, 0.4) is 0 Å². The minimum atomic E-state index is -0.115. The molecule has 9 rings (SSSR count). The summed E-state index contributed by atoms with van der Waals surface area (Å²) in [6.07, 6.45) is 13.2. The van der Waals surface area contributed by atoms with Gasteiger partial charge in [-0.3, -0.25) is 5.32 Å². The molecule has 2 unspecified atom stereocenters. The van der Waals surface area contributed by atoms with Gasteiger partial charge in [0.05, 0.1) is 6.04 Å². The van der Waals surface area contributed by atoms with Crippen LogP contribution in [-0.2, 0) is 6.42 Å². The third-order valence-corrected chi connectivity index (χ3v) is 10.2. The number of dihydropyridines is 1. The smallest absolute Gasteiger partial charge is 0.104 e. The first-order chi connectivity index (χ1) is 24.7. The lowest BCUT2D eigenvalue weighted by Crippen LogP contribution is -2.39. The molecule has 0 saturated heterocycles. The topological polar surface area (TPSA) is 36.1 Å². The Balaban J connectivity index is 1.19. The zero-order chi connectivity index (χ0) is 33.3. The Labute approximate surface area is 294 Å². The molecule has 0 aromatic heterocycles. The van der Waals surface area contributed by atoms with Gasteiger partial charge in [-0.15, -0.1) is 0 Å². The van der Waals surface area contributed by atoms with E-state index >= 15 is 0 Å². The minimum Gasteiger partial charge on any atom is -0.381 e. The largest absolute Gasteiger partial charge is 0.381 e. The highest BCUT2D eigenvalue weighted by Gasteiger charge is 2.26. The van der Waals surface area contributed by atoms with E-state index in [0.29, 0.717) is 0 Å². The van der Waals surface area contributed by atoms with Crippen molar-refractivity contribution in [1.29, 1.82) is 0 Å². The summed E-state index contributed by atoms with van der Waals surface area (Å²) < 4.78 is 0. The molecule has 0 fully saturated rings. The van der Waals surface area contributed by atoms with Crippen molar-refractivity contribution in [3.8, 4) is 11.1 Å². The molecule has 0 saturated carbocycles. The molecule has 0 amide bonds. The average molecular weight is 646 g/mol. The Bertz CT molecular complexity index is 2330. The first kappa shape index (κ1) is 30.2. The van der Waals surface area contributed by atoms with Crippen molar-refractivity contribution < 1.29 is 0 Å². The lowest BCUT2D eigenvalue weighted by atomic mass is 9.83. The summed E-state index contributed by atoms with van der Waals surface area (Å²) in [6.45, 7) is 0.844. The molecular formula is C47H39N3. The van der Waals surface area contributed by atoms with Gasteiger partial charge in [-0.2, -0.15) is 0 Å². The quantitative estimate of drug-likeness (QED) is 0.169. The van der Waals surface area contributed by atoms with E-state index in [1.807, 2.05) is 0 Å². The summed E-state index contributed by atoms with van der Waals surface area (Å²) in [7, 11) is 0. The van der Waals surface area contributed by atoms with E-state index in [-0.39, 0.29) is 12.2 Å². The maximum Gasteiger partial charge on any atom is 0.104 e. The predicted molar refractivity (Wildman–Crippen MR) is 209 cm³/mol. The monoisotopic (exact) mass is 645 g/mol. The number of aryl methyl sites for hydroxylation is 1. The van der Waals surface area contributed by atoms with Crippen LogP contribution in [0.4, 0.5) is 0 Å².